The van der Waals surface area contributed by atoms with Crippen LogP contribution in [0, 0.1) is 0 Å². The molecule has 5 rings (SSSR count). The Morgan fingerprint density at radius 1 is 1.05 bits per heavy atom. The summed E-state index contributed by atoms with van der Waals surface area (Å²) in [6.07, 6.45) is 4.17. The maximum Gasteiger partial charge on any atom is 0.416 e. The fourth-order valence-electron chi connectivity index (χ4n) is 5.41. The van der Waals surface area contributed by atoms with Crippen LogP contribution in [-0.4, -0.2) is 62.6 Å². The Labute approximate surface area is 230 Å². The fourth-order valence-corrected chi connectivity index (χ4v) is 5.41. The van der Waals surface area contributed by atoms with Crippen LogP contribution >= 0.6 is 0 Å². The van der Waals surface area contributed by atoms with Gasteiger partial charge in [-0.05, 0) is 68.0 Å². The number of carbonyl (C=O) groups excluding carboxylic acids is 1. The van der Waals surface area contributed by atoms with E-state index in [4.69, 9.17) is 4.74 Å². The zero-order valence-electron chi connectivity index (χ0n) is 22.0. The summed E-state index contributed by atoms with van der Waals surface area (Å²) in [6, 6.07) is 10.8. The molecule has 1 atom stereocenters. The largest absolute Gasteiger partial charge is 0.416 e. The number of benzene rings is 1. The normalized spacial score (nSPS) is 23.4. The van der Waals surface area contributed by atoms with Gasteiger partial charge in [-0.15, -0.1) is 0 Å². The van der Waals surface area contributed by atoms with E-state index in [1.165, 1.54) is 6.07 Å². The Bertz CT molecular complexity index is 1280. The van der Waals surface area contributed by atoms with Crippen LogP contribution in [0.5, 0.6) is 0 Å². The van der Waals surface area contributed by atoms with Gasteiger partial charge in [-0.1, -0.05) is 12.1 Å². The van der Waals surface area contributed by atoms with Crippen molar-refractivity contribution < 1.29 is 27.8 Å². The molecule has 1 aliphatic heterocycles. The van der Waals surface area contributed by atoms with E-state index >= 15 is 0 Å². The van der Waals surface area contributed by atoms with Gasteiger partial charge in [0.05, 0.1) is 17.9 Å². The molecule has 1 unspecified atom stereocenters. The number of pyridine rings is 1. The number of hydrogen-bond acceptors (Lipinski definition) is 7. The molecule has 8 nitrogen and oxygen atoms in total. The monoisotopic (exact) mass is 555 g/mol. The second-order valence-corrected chi connectivity index (χ2v) is 10.5. The second-order valence-electron chi connectivity index (χ2n) is 10.5. The molecule has 3 aromatic rings. The smallest absolute Gasteiger partial charge is 0.384 e. The number of ether oxygens (including phenoxy) is 1. The number of hydrogen-bond donors (Lipinski definition) is 2. The molecule has 11 heteroatoms. The van der Waals surface area contributed by atoms with Crippen molar-refractivity contribution in [2.75, 3.05) is 19.7 Å². The molecule has 0 spiro atoms. The maximum atomic E-state index is 12.9. The molecule has 0 bridgehead atoms. The molecule has 2 fully saturated rings. The lowest BCUT2D eigenvalue weighted by Crippen LogP contribution is -2.45. The van der Waals surface area contributed by atoms with Crippen molar-refractivity contribution in [1.29, 1.82) is 0 Å². The van der Waals surface area contributed by atoms with Crippen molar-refractivity contribution in [1.82, 2.24) is 25.2 Å². The van der Waals surface area contributed by atoms with E-state index in [1.54, 1.807) is 35.6 Å². The van der Waals surface area contributed by atoms with E-state index in [0.717, 1.165) is 37.0 Å². The zero-order chi connectivity index (χ0) is 28.2. The third kappa shape index (κ3) is 6.83. The van der Waals surface area contributed by atoms with Crippen molar-refractivity contribution >= 4 is 5.91 Å². The highest BCUT2D eigenvalue weighted by Gasteiger charge is 2.37. The first-order valence-electron chi connectivity index (χ1n) is 13.4. The van der Waals surface area contributed by atoms with Crippen molar-refractivity contribution in [2.45, 2.75) is 62.6 Å². The molecule has 1 aliphatic carbocycles. The van der Waals surface area contributed by atoms with Gasteiger partial charge in [0.1, 0.15) is 12.2 Å². The SMILES string of the molecule is O=C(COCc1cccc(C(F)(F)F)c1)N1CCC(NC2CCC(O)(c3ccc(-c4ncccn4)cn3)CC2)C1. The second kappa shape index (κ2) is 12.0. The van der Waals surface area contributed by atoms with Crippen LogP contribution in [0.15, 0.2) is 61.1 Å². The lowest BCUT2D eigenvalue weighted by Gasteiger charge is -2.37. The van der Waals surface area contributed by atoms with Crippen LogP contribution in [0.4, 0.5) is 13.2 Å². The lowest BCUT2D eigenvalue weighted by atomic mass is 9.79. The molecule has 2 N–H and O–H groups in total. The predicted octanol–water partition coefficient (Wildman–Crippen LogP) is 4.09. The molecular weight excluding hydrogens is 523 g/mol. The highest BCUT2D eigenvalue weighted by molar-refractivity contribution is 5.77. The Kier molecular flexibility index (Phi) is 8.43. The zero-order valence-corrected chi connectivity index (χ0v) is 22.0. The number of alkyl halides is 3. The Morgan fingerprint density at radius 3 is 2.52 bits per heavy atom. The summed E-state index contributed by atoms with van der Waals surface area (Å²) >= 11 is 0. The van der Waals surface area contributed by atoms with Crippen molar-refractivity contribution in [3.05, 3.63) is 77.9 Å². The number of aromatic nitrogens is 3. The summed E-state index contributed by atoms with van der Waals surface area (Å²) in [5, 5.41) is 14.9. The molecule has 212 valence electrons. The molecule has 3 heterocycles. The molecule has 1 amide bonds. The number of rotatable bonds is 8. The van der Waals surface area contributed by atoms with Crippen LogP contribution in [0.25, 0.3) is 11.4 Å². The predicted molar refractivity (Wildman–Crippen MR) is 141 cm³/mol. The van der Waals surface area contributed by atoms with E-state index in [1.807, 2.05) is 12.1 Å². The summed E-state index contributed by atoms with van der Waals surface area (Å²) in [6.45, 7) is 0.911. The first kappa shape index (κ1) is 28.1. The molecule has 1 saturated heterocycles. The Morgan fingerprint density at radius 2 is 1.82 bits per heavy atom. The minimum absolute atomic E-state index is 0.0617. The van der Waals surface area contributed by atoms with E-state index < -0.39 is 17.3 Å². The van der Waals surface area contributed by atoms with Gasteiger partial charge in [0, 0.05) is 49.3 Å². The molecule has 2 aromatic heterocycles. The van der Waals surface area contributed by atoms with Gasteiger partial charge in [0.25, 0.3) is 0 Å². The molecule has 0 radical (unpaired) electrons. The molecule has 1 saturated carbocycles. The van der Waals surface area contributed by atoms with Gasteiger partial charge in [-0.3, -0.25) is 9.78 Å². The average molecular weight is 556 g/mol. The van der Waals surface area contributed by atoms with Crippen LogP contribution in [0.3, 0.4) is 0 Å². The Hall–Kier alpha value is -3.41. The number of likely N-dealkylation sites (tertiary alicyclic amines) is 1. The standard InChI is InChI=1S/C29H32F3N5O3/c30-29(31,32)22-4-1-3-20(15-22)18-40-19-26(38)37-14-9-24(17-37)36-23-7-10-28(39,11-8-23)25-6-5-21(16-35-25)27-33-12-2-13-34-27/h1-6,12-13,15-16,23-24,36,39H,7-11,14,17-19H2. The van der Waals surface area contributed by atoms with E-state index in [-0.39, 0.29) is 31.2 Å². The topological polar surface area (TPSA) is 100 Å². The van der Waals surface area contributed by atoms with Crippen molar-refractivity contribution in [3.63, 3.8) is 0 Å². The highest BCUT2D eigenvalue weighted by atomic mass is 19.4. The summed E-state index contributed by atoms with van der Waals surface area (Å²) in [7, 11) is 0. The average Bonchev–Trinajstić information content (AvgIpc) is 3.43. The molecule has 1 aromatic carbocycles. The minimum Gasteiger partial charge on any atom is -0.384 e. The van der Waals surface area contributed by atoms with Gasteiger partial charge in [-0.25, -0.2) is 9.97 Å². The Balaban J connectivity index is 1.05. The van der Waals surface area contributed by atoms with Crippen LogP contribution in [0.1, 0.15) is 48.9 Å². The minimum atomic E-state index is -4.42. The molecule has 40 heavy (non-hydrogen) atoms. The van der Waals surface area contributed by atoms with Crippen LogP contribution in [-0.2, 0) is 27.9 Å². The fraction of sp³-hybridized carbons (Fsp3) is 0.448. The summed E-state index contributed by atoms with van der Waals surface area (Å²) in [5.74, 6) is 0.414. The quantitative estimate of drug-likeness (QED) is 0.432. The summed E-state index contributed by atoms with van der Waals surface area (Å²) in [5.41, 5.74) is 0.0975. The third-order valence-electron chi connectivity index (χ3n) is 7.64. The third-order valence-corrected chi connectivity index (χ3v) is 7.64. The lowest BCUT2D eigenvalue weighted by molar-refractivity contribution is -0.138. The number of nitrogens with zero attached hydrogens (tertiary/aromatic N) is 4. The number of amides is 1. The van der Waals surface area contributed by atoms with Crippen LogP contribution < -0.4 is 5.32 Å². The van der Waals surface area contributed by atoms with Gasteiger partial charge in [-0.2, -0.15) is 13.2 Å². The van der Waals surface area contributed by atoms with Gasteiger partial charge in [0.15, 0.2) is 5.82 Å². The van der Waals surface area contributed by atoms with Gasteiger partial charge < -0.3 is 20.1 Å². The maximum absolute atomic E-state index is 12.9. The van der Waals surface area contributed by atoms with Gasteiger partial charge >= 0.3 is 6.18 Å². The number of halogens is 3. The van der Waals surface area contributed by atoms with Crippen molar-refractivity contribution in [2.24, 2.45) is 0 Å². The first-order valence-corrected chi connectivity index (χ1v) is 13.4. The number of aliphatic hydroxyl groups is 1. The number of carbonyl (C=O) groups is 1. The van der Waals surface area contributed by atoms with E-state index in [2.05, 4.69) is 20.3 Å². The molecular formula is C29H32F3N5O3. The summed E-state index contributed by atoms with van der Waals surface area (Å²) < 4.78 is 44.1. The highest BCUT2D eigenvalue weighted by Crippen LogP contribution is 2.37. The van der Waals surface area contributed by atoms with Gasteiger partial charge in [0.2, 0.25) is 5.91 Å². The molecule has 2 aliphatic rings. The number of nitrogens with one attached hydrogen (secondary N) is 1. The van der Waals surface area contributed by atoms with E-state index in [0.29, 0.717) is 43.0 Å². The summed E-state index contributed by atoms with van der Waals surface area (Å²) in [4.78, 5) is 27.3. The van der Waals surface area contributed by atoms with E-state index in [9.17, 15) is 23.1 Å². The first-order chi connectivity index (χ1) is 19.2. The van der Waals surface area contributed by atoms with Crippen LogP contribution in [0.2, 0.25) is 0 Å². The van der Waals surface area contributed by atoms with Crippen molar-refractivity contribution in [3.8, 4) is 11.4 Å².